The average Bonchev–Trinajstić information content (AvgIpc) is 2.66. The molecule has 0 aromatic rings. The quantitative estimate of drug-likeness (QED) is 0.273. The Morgan fingerprint density at radius 2 is 1.73 bits per heavy atom. The summed E-state index contributed by atoms with van der Waals surface area (Å²) in [5, 5.41) is 7.35. The molecule has 2 atom stereocenters. The van der Waals surface area contributed by atoms with Crippen molar-refractivity contribution in [2.75, 3.05) is 20.3 Å². The minimum absolute atomic E-state index is 0.0410. The lowest BCUT2D eigenvalue weighted by Crippen LogP contribution is -2.62. The molecule has 174 valence electrons. The van der Waals surface area contributed by atoms with Crippen molar-refractivity contribution in [2.45, 2.75) is 29.5 Å². The van der Waals surface area contributed by atoms with Crippen molar-refractivity contribution in [1.82, 2.24) is 0 Å². The Balaban J connectivity index is 3.38. The third-order valence-electron chi connectivity index (χ3n) is 4.21. The van der Waals surface area contributed by atoms with Gasteiger partial charge in [-0.2, -0.15) is 34.4 Å². The molecule has 2 unspecified atom stereocenters. The van der Waals surface area contributed by atoms with Crippen LogP contribution >= 0.6 is 0 Å². The lowest BCUT2D eigenvalue weighted by molar-refractivity contribution is -0.200. The zero-order valence-electron chi connectivity index (χ0n) is 15.6. The Bertz CT molecular complexity index is 956. The normalized spacial score (nSPS) is 21.2. The minimum Gasteiger partial charge on any atom is -0.508 e. The molecule has 0 aromatic carbocycles. The highest BCUT2D eigenvalue weighted by Crippen LogP contribution is 2.51. The minimum atomic E-state index is -6.45. The van der Waals surface area contributed by atoms with Gasteiger partial charge in [0.2, 0.25) is 0 Å². The fourth-order valence-electron chi connectivity index (χ4n) is 2.52. The van der Waals surface area contributed by atoms with E-state index in [-0.39, 0.29) is 30.6 Å². The highest BCUT2D eigenvalue weighted by Gasteiger charge is 2.80. The first kappa shape index (κ1) is 26.5. The molecular formula is C15H19F5O8S2. The number of alkyl halides is 5. The number of aliphatic hydroxyl groups is 2. The van der Waals surface area contributed by atoms with E-state index in [4.69, 9.17) is 5.11 Å². The highest BCUT2D eigenvalue weighted by molar-refractivity contribution is 7.89. The molecule has 0 fully saturated rings. The molecule has 0 saturated heterocycles. The molecule has 0 radical (unpaired) electrons. The molecule has 1 aliphatic rings. The summed E-state index contributed by atoms with van der Waals surface area (Å²) in [5.74, 6) is -7.46. The van der Waals surface area contributed by atoms with E-state index in [0.29, 0.717) is 0 Å². The van der Waals surface area contributed by atoms with Crippen LogP contribution in [0.3, 0.4) is 0 Å². The highest BCUT2D eigenvalue weighted by atomic mass is 32.2. The standard InChI is InChI=1S/C15H19F5O8S2/c1-4-13(16,14(17,18)15(19,20)30(25,26)27-3)29(23,24)28-8-11-6-9(2)5-10(7-21)12(11)22/h4,6,9,21-22H,1,5,7-8H2,2-3H3. The zero-order valence-corrected chi connectivity index (χ0v) is 17.2. The molecule has 1 rings (SSSR count). The van der Waals surface area contributed by atoms with Crippen LogP contribution in [0.15, 0.2) is 35.6 Å². The second kappa shape index (κ2) is 8.53. The molecule has 0 aromatic heterocycles. The maximum Gasteiger partial charge on any atom is 0.436 e. The summed E-state index contributed by atoms with van der Waals surface area (Å²) in [5.41, 5.74) is -0.313. The third-order valence-corrected chi connectivity index (χ3v) is 7.11. The summed E-state index contributed by atoms with van der Waals surface area (Å²) in [6.45, 7) is 2.10. The number of halogens is 5. The van der Waals surface area contributed by atoms with Gasteiger partial charge in [0.25, 0.3) is 0 Å². The summed E-state index contributed by atoms with van der Waals surface area (Å²) < 4.78 is 125. The number of allylic oxidation sites excluding steroid dienone is 1. The van der Waals surface area contributed by atoms with Gasteiger partial charge in [0, 0.05) is 5.57 Å². The molecule has 2 N–H and O–H groups in total. The van der Waals surface area contributed by atoms with Crippen LogP contribution in [0.5, 0.6) is 0 Å². The molecule has 15 heteroatoms. The van der Waals surface area contributed by atoms with Crippen LogP contribution in [0, 0.1) is 5.92 Å². The molecule has 0 heterocycles. The van der Waals surface area contributed by atoms with Crippen molar-refractivity contribution < 1.29 is 57.4 Å². The smallest absolute Gasteiger partial charge is 0.436 e. The monoisotopic (exact) mass is 486 g/mol. The fourth-order valence-corrected chi connectivity index (χ4v) is 4.36. The molecule has 0 amide bonds. The molecule has 0 bridgehead atoms. The van der Waals surface area contributed by atoms with E-state index in [1.165, 1.54) is 6.08 Å². The first-order chi connectivity index (χ1) is 13.5. The maximum atomic E-state index is 14.8. The van der Waals surface area contributed by atoms with Gasteiger partial charge in [0.15, 0.2) is 0 Å². The number of rotatable bonds is 10. The Morgan fingerprint density at radius 1 is 1.20 bits per heavy atom. The first-order valence-corrected chi connectivity index (χ1v) is 10.8. The van der Waals surface area contributed by atoms with Crippen molar-refractivity contribution in [3.8, 4) is 0 Å². The largest absolute Gasteiger partial charge is 0.508 e. The Hall–Kier alpha value is -1.55. The summed E-state index contributed by atoms with van der Waals surface area (Å²) in [6.07, 6.45) is 0.644. The summed E-state index contributed by atoms with van der Waals surface area (Å²) in [4.78, 5) is 0. The van der Waals surface area contributed by atoms with Crippen molar-refractivity contribution in [2.24, 2.45) is 5.92 Å². The van der Waals surface area contributed by atoms with Crippen LogP contribution in [0.4, 0.5) is 22.0 Å². The van der Waals surface area contributed by atoms with E-state index < -0.39 is 61.5 Å². The van der Waals surface area contributed by atoms with Crippen LogP contribution < -0.4 is 0 Å². The predicted octanol–water partition coefficient (Wildman–Crippen LogP) is 2.16. The van der Waals surface area contributed by atoms with Crippen LogP contribution in [0.2, 0.25) is 0 Å². The summed E-state index contributed by atoms with van der Waals surface area (Å²) >= 11 is 0. The third kappa shape index (κ3) is 4.12. The molecule has 8 nitrogen and oxygen atoms in total. The van der Waals surface area contributed by atoms with Gasteiger partial charge in [-0.15, -0.1) is 0 Å². The van der Waals surface area contributed by atoms with E-state index in [9.17, 15) is 43.9 Å². The number of hydrogen-bond acceptors (Lipinski definition) is 8. The fraction of sp³-hybridized carbons (Fsp3) is 0.600. The molecular weight excluding hydrogens is 467 g/mol. The van der Waals surface area contributed by atoms with E-state index in [0.717, 1.165) is 0 Å². The lowest BCUT2D eigenvalue weighted by Gasteiger charge is -2.33. The van der Waals surface area contributed by atoms with Crippen LogP contribution in [-0.4, -0.2) is 63.6 Å². The van der Waals surface area contributed by atoms with Gasteiger partial charge in [-0.25, -0.2) is 4.39 Å². The number of hydrogen-bond donors (Lipinski definition) is 2. The molecule has 1 aliphatic carbocycles. The van der Waals surface area contributed by atoms with Crippen LogP contribution in [0.1, 0.15) is 13.3 Å². The zero-order chi connectivity index (χ0) is 23.8. The van der Waals surface area contributed by atoms with Gasteiger partial charge >= 0.3 is 36.4 Å². The van der Waals surface area contributed by atoms with E-state index in [1.54, 1.807) is 6.92 Å². The predicted molar refractivity (Wildman–Crippen MR) is 93.3 cm³/mol. The molecule has 0 aliphatic heterocycles. The van der Waals surface area contributed by atoms with E-state index >= 15 is 0 Å². The Kier molecular flexibility index (Phi) is 7.53. The topological polar surface area (TPSA) is 127 Å². The molecule has 0 spiro atoms. The second-order valence-corrected chi connectivity index (χ2v) is 9.75. The van der Waals surface area contributed by atoms with Crippen molar-refractivity contribution in [3.05, 3.63) is 35.6 Å². The Morgan fingerprint density at radius 3 is 2.17 bits per heavy atom. The van der Waals surface area contributed by atoms with Crippen molar-refractivity contribution >= 4 is 20.2 Å². The van der Waals surface area contributed by atoms with Crippen molar-refractivity contribution in [3.63, 3.8) is 0 Å². The van der Waals surface area contributed by atoms with Gasteiger partial charge in [-0.3, -0.25) is 8.37 Å². The summed E-state index contributed by atoms with van der Waals surface area (Å²) in [6, 6.07) is 0. The maximum absolute atomic E-state index is 14.8. The SMILES string of the molecule is C=CC(F)(C(F)(F)C(F)(F)S(=O)(=O)OC)S(=O)(=O)OCC1=CC(C)CC(CO)=C1O. The van der Waals surface area contributed by atoms with E-state index in [2.05, 4.69) is 14.9 Å². The van der Waals surface area contributed by atoms with E-state index in [1.807, 2.05) is 0 Å². The van der Waals surface area contributed by atoms with Gasteiger partial charge in [0.1, 0.15) is 5.76 Å². The van der Waals surface area contributed by atoms with Gasteiger partial charge in [-0.1, -0.05) is 19.6 Å². The molecule has 30 heavy (non-hydrogen) atoms. The van der Waals surface area contributed by atoms with Crippen LogP contribution in [-0.2, 0) is 28.6 Å². The van der Waals surface area contributed by atoms with Gasteiger partial charge in [-0.05, 0) is 24.0 Å². The van der Waals surface area contributed by atoms with Crippen LogP contribution in [0.25, 0.3) is 0 Å². The first-order valence-electron chi connectivity index (χ1n) is 7.96. The van der Waals surface area contributed by atoms with Crippen molar-refractivity contribution in [1.29, 1.82) is 0 Å². The lowest BCUT2D eigenvalue weighted by atomic mass is 9.91. The van der Waals surface area contributed by atoms with Gasteiger partial charge in [0.05, 0.1) is 20.3 Å². The summed E-state index contributed by atoms with van der Waals surface area (Å²) in [7, 11) is -12.7. The second-order valence-electron chi connectivity index (χ2n) is 6.26. The Labute approximate surface area is 169 Å². The molecule has 0 saturated carbocycles. The average molecular weight is 486 g/mol. The number of aliphatic hydroxyl groups excluding tert-OH is 2. The van der Waals surface area contributed by atoms with Gasteiger partial charge < -0.3 is 10.2 Å².